The Morgan fingerprint density at radius 1 is 1.21 bits per heavy atom. The monoisotopic (exact) mass is 224 g/mol. The van der Waals surface area contributed by atoms with E-state index in [4.69, 9.17) is 0 Å². The van der Waals surface area contributed by atoms with Gasteiger partial charge < -0.3 is 9.47 Å². The van der Waals surface area contributed by atoms with E-state index < -0.39 is 17.2 Å². The van der Waals surface area contributed by atoms with Gasteiger partial charge in [0.1, 0.15) is 5.25 Å². The molecule has 0 fully saturated rings. The maximum absolute atomic E-state index is 11.1. The van der Waals surface area contributed by atoms with Crippen LogP contribution in [-0.4, -0.2) is 38.5 Å². The summed E-state index contributed by atoms with van der Waals surface area (Å²) in [5, 5.41) is -0.785. The van der Waals surface area contributed by atoms with Crippen LogP contribution >= 0.6 is 12.0 Å². The van der Waals surface area contributed by atoms with Crippen LogP contribution in [0.5, 0.6) is 0 Å². The fraction of sp³-hybridized carbons (Fsp3) is 0.714. The van der Waals surface area contributed by atoms with Gasteiger partial charge in [0, 0.05) is 12.0 Å². The van der Waals surface area contributed by atoms with Crippen LogP contribution in [0, 0.1) is 0 Å². The molecule has 0 aliphatic heterocycles. The molecule has 0 saturated heterocycles. The molecule has 1 unspecified atom stereocenters. The lowest BCUT2D eigenvalue weighted by Gasteiger charge is -2.10. The second-order valence-corrected chi connectivity index (χ2v) is 3.02. The van der Waals surface area contributed by atoms with Gasteiger partial charge in [-0.05, 0) is 0 Å². The van der Waals surface area contributed by atoms with E-state index in [0.717, 1.165) is 0 Å². The zero-order valence-electron chi connectivity index (χ0n) is 8.14. The van der Waals surface area contributed by atoms with Crippen molar-refractivity contribution in [1.29, 1.82) is 0 Å². The Morgan fingerprint density at radius 2 is 1.86 bits per heavy atom. The fourth-order valence-corrected chi connectivity index (χ4v) is 1.16. The van der Waals surface area contributed by atoms with Crippen LogP contribution in [-0.2, 0) is 28.3 Å². The molecule has 0 rings (SSSR count). The number of carbonyl (C=O) groups is 2. The van der Waals surface area contributed by atoms with E-state index in [2.05, 4.69) is 18.7 Å². The molecule has 0 bridgehead atoms. The molecule has 1 atom stereocenters. The summed E-state index contributed by atoms with van der Waals surface area (Å²) in [6.45, 7) is 0. The van der Waals surface area contributed by atoms with E-state index >= 15 is 0 Å². The average molecular weight is 224 g/mol. The van der Waals surface area contributed by atoms with Gasteiger partial charge in [-0.25, -0.2) is 4.89 Å². The minimum Gasteiger partial charge on any atom is -0.469 e. The van der Waals surface area contributed by atoms with E-state index in [0.29, 0.717) is 12.0 Å². The number of esters is 2. The Kier molecular flexibility index (Phi) is 7.17. The first kappa shape index (κ1) is 13.2. The van der Waals surface area contributed by atoms with Crippen molar-refractivity contribution < 1.29 is 28.3 Å². The predicted molar refractivity (Wildman–Crippen MR) is 48.1 cm³/mol. The predicted octanol–water partition coefficient (Wildman–Crippen LogP) is 0.317. The molecule has 82 valence electrons. The van der Waals surface area contributed by atoms with E-state index in [9.17, 15) is 9.59 Å². The molecular formula is C7H12O6S. The Morgan fingerprint density at radius 3 is 2.29 bits per heavy atom. The molecule has 0 spiro atoms. The maximum atomic E-state index is 11.1. The van der Waals surface area contributed by atoms with Crippen molar-refractivity contribution in [3.8, 4) is 0 Å². The molecule has 6 nitrogen and oxygen atoms in total. The van der Waals surface area contributed by atoms with Crippen molar-refractivity contribution in [1.82, 2.24) is 0 Å². The van der Waals surface area contributed by atoms with Gasteiger partial charge in [-0.1, -0.05) is 0 Å². The highest BCUT2D eigenvalue weighted by atomic mass is 32.2. The second-order valence-electron chi connectivity index (χ2n) is 2.12. The minimum atomic E-state index is -0.785. The lowest BCUT2D eigenvalue weighted by molar-refractivity contribution is -0.163. The summed E-state index contributed by atoms with van der Waals surface area (Å²) >= 11 is 0.700. The van der Waals surface area contributed by atoms with Gasteiger partial charge in [0.2, 0.25) is 0 Å². The van der Waals surface area contributed by atoms with Crippen molar-refractivity contribution in [2.75, 3.05) is 21.3 Å². The van der Waals surface area contributed by atoms with E-state index in [-0.39, 0.29) is 6.42 Å². The number of hydrogen-bond donors (Lipinski definition) is 0. The maximum Gasteiger partial charge on any atom is 0.321 e. The Labute approximate surface area is 86.0 Å². The molecule has 0 aromatic heterocycles. The van der Waals surface area contributed by atoms with Crippen molar-refractivity contribution in [3.05, 3.63) is 0 Å². The van der Waals surface area contributed by atoms with Gasteiger partial charge in [-0.3, -0.25) is 9.59 Å². The largest absolute Gasteiger partial charge is 0.469 e. The van der Waals surface area contributed by atoms with Gasteiger partial charge in [0.15, 0.2) is 0 Å². The molecule has 0 heterocycles. The number of ether oxygens (including phenoxy) is 2. The Hall–Kier alpha value is -0.790. The zero-order chi connectivity index (χ0) is 11.0. The highest BCUT2D eigenvalue weighted by Gasteiger charge is 2.25. The summed E-state index contributed by atoms with van der Waals surface area (Å²) in [6.07, 6.45) is -0.128. The summed E-state index contributed by atoms with van der Waals surface area (Å²) in [6, 6.07) is 0. The number of methoxy groups -OCH3 is 2. The summed E-state index contributed by atoms with van der Waals surface area (Å²) in [5.74, 6) is -1.09. The van der Waals surface area contributed by atoms with Crippen molar-refractivity contribution >= 4 is 24.0 Å². The summed E-state index contributed by atoms with van der Waals surface area (Å²) in [5.41, 5.74) is 0. The van der Waals surface area contributed by atoms with Crippen LogP contribution in [0.1, 0.15) is 6.42 Å². The molecule has 0 radical (unpaired) electrons. The summed E-state index contributed by atoms with van der Waals surface area (Å²) in [7, 11) is 3.75. The molecule has 14 heavy (non-hydrogen) atoms. The number of rotatable bonds is 6. The van der Waals surface area contributed by atoms with Gasteiger partial charge in [0.05, 0.1) is 27.8 Å². The van der Waals surface area contributed by atoms with Gasteiger partial charge in [0.25, 0.3) is 0 Å². The first-order valence-corrected chi connectivity index (χ1v) is 4.47. The van der Waals surface area contributed by atoms with Crippen LogP contribution in [0.25, 0.3) is 0 Å². The van der Waals surface area contributed by atoms with Gasteiger partial charge in [-0.15, -0.1) is 0 Å². The first-order chi connectivity index (χ1) is 6.65. The smallest absolute Gasteiger partial charge is 0.321 e. The molecular weight excluding hydrogens is 212 g/mol. The molecule has 0 aromatic carbocycles. The molecule has 0 aromatic rings. The van der Waals surface area contributed by atoms with E-state index in [1.165, 1.54) is 21.3 Å². The number of carbonyl (C=O) groups excluding carboxylic acids is 2. The standard InChI is InChI=1S/C7H12O6S/c1-10-6(8)4-5(7(9)11-2)14-13-12-3/h5H,4H2,1-3H3. The average Bonchev–Trinajstić information content (AvgIpc) is 2.22. The number of hydrogen-bond acceptors (Lipinski definition) is 7. The molecule has 0 N–H and O–H groups in total. The third kappa shape index (κ3) is 5.05. The van der Waals surface area contributed by atoms with Gasteiger partial charge in [-0.2, -0.15) is 4.33 Å². The molecule has 0 amide bonds. The van der Waals surface area contributed by atoms with Crippen LogP contribution < -0.4 is 0 Å². The topological polar surface area (TPSA) is 71.1 Å². The van der Waals surface area contributed by atoms with Crippen molar-refractivity contribution in [2.45, 2.75) is 11.7 Å². The third-order valence-corrected chi connectivity index (χ3v) is 2.07. The Bertz CT molecular complexity index is 195. The van der Waals surface area contributed by atoms with Crippen molar-refractivity contribution in [2.24, 2.45) is 0 Å². The van der Waals surface area contributed by atoms with E-state index in [1.807, 2.05) is 0 Å². The Balaban J connectivity index is 4.09. The normalized spacial score (nSPS) is 11.9. The first-order valence-electron chi connectivity index (χ1n) is 3.66. The molecule has 0 aliphatic rings. The minimum absolute atomic E-state index is 0.128. The lowest BCUT2D eigenvalue weighted by Crippen LogP contribution is -2.23. The van der Waals surface area contributed by atoms with Crippen LogP contribution in [0.2, 0.25) is 0 Å². The summed E-state index contributed by atoms with van der Waals surface area (Å²) < 4.78 is 13.3. The van der Waals surface area contributed by atoms with Crippen LogP contribution in [0.3, 0.4) is 0 Å². The fourth-order valence-electron chi connectivity index (χ4n) is 0.609. The SMILES string of the molecule is COOSC(CC(=O)OC)C(=O)OC. The highest BCUT2D eigenvalue weighted by Crippen LogP contribution is 2.17. The van der Waals surface area contributed by atoms with Crippen LogP contribution in [0.4, 0.5) is 0 Å². The van der Waals surface area contributed by atoms with E-state index in [1.54, 1.807) is 0 Å². The summed E-state index contributed by atoms with van der Waals surface area (Å²) in [4.78, 5) is 26.2. The lowest BCUT2D eigenvalue weighted by atomic mass is 10.3. The third-order valence-electron chi connectivity index (χ3n) is 1.27. The molecule has 0 aliphatic carbocycles. The van der Waals surface area contributed by atoms with Crippen molar-refractivity contribution in [3.63, 3.8) is 0 Å². The van der Waals surface area contributed by atoms with Crippen LogP contribution in [0.15, 0.2) is 0 Å². The second kappa shape index (κ2) is 7.60. The zero-order valence-corrected chi connectivity index (χ0v) is 8.96. The highest BCUT2D eigenvalue weighted by molar-refractivity contribution is 7.95. The van der Waals surface area contributed by atoms with Gasteiger partial charge >= 0.3 is 11.9 Å². The quantitative estimate of drug-likeness (QED) is 0.278. The molecule has 0 saturated carbocycles. The molecule has 7 heteroatoms.